The van der Waals surface area contributed by atoms with Gasteiger partial charge in [0, 0.05) is 36.1 Å². The molecule has 1 fully saturated rings. The van der Waals surface area contributed by atoms with Crippen LogP contribution in [0.3, 0.4) is 0 Å². The van der Waals surface area contributed by atoms with Gasteiger partial charge in [0.05, 0.1) is 4.90 Å². The molecule has 162 valence electrons. The van der Waals surface area contributed by atoms with Gasteiger partial charge in [0.2, 0.25) is 0 Å². The summed E-state index contributed by atoms with van der Waals surface area (Å²) in [4.78, 5) is 4.20. The first kappa shape index (κ1) is 21.5. The number of rotatable bonds is 6. The molecule has 4 rings (SSSR count). The van der Waals surface area contributed by atoms with Gasteiger partial charge in [-0.3, -0.25) is 4.98 Å². The fourth-order valence-corrected chi connectivity index (χ4v) is 5.15. The molecule has 1 unspecified atom stereocenters. The molecular weight excluding hydrogens is 425 g/mol. The molecule has 3 N–H and O–H groups in total. The molecule has 3 aromatic rings. The summed E-state index contributed by atoms with van der Waals surface area (Å²) >= 11 is 0. The van der Waals surface area contributed by atoms with Gasteiger partial charge in [0.25, 0.3) is 0 Å². The minimum atomic E-state index is -3.27. The average Bonchev–Trinajstić information content (AvgIpc) is 3.15. The van der Waals surface area contributed by atoms with E-state index in [4.69, 9.17) is 4.78 Å². The van der Waals surface area contributed by atoms with Crippen molar-refractivity contribution in [2.45, 2.75) is 29.8 Å². The van der Waals surface area contributed by atoms with E-state index in [0.717, 1.165) is 18.2 Å². The predicted molar refractivity (Wildman–Crippen MR) is 112 cm³/mol. The van der Waals surface area contributed by atoms with Gasteiger partial charge in [0.1, 0.15) is 27.4 Å². The number of pyridine rings is 1. The van der Waals surface area contributed by atoms with Gasteiger partial charge in [-0.25, -0.2) is 26.9 Å². The lowest BCUT2D eigenvalue weighted by molar-refractivity contribution is 0.495. The molecule has 31 heavy (non-hydrogen) atoms. The topological polar surface area (TPSA) is 77.9 Å². The Labute approximate surface area is 178 Å². The number of benzene rings is 2. The minimum absolute atomic E-state index is 0.109. The van der Waals surface area contributed by atoms with Crippen LogP contribution in [0.15, 0.2) is 65.8 Å². The van der Waals surface area contributed by atoms with Crippen LogP contribution in [0.25, 0.3) is 11.1 Å². The van der Waals surface area contributed by atoms with Crippen LogP contribution in [0.2, 0.25) is 0 Å². The molecule has 0 radical (unpaired) electrons. The summed E-state index contributed by atoms with van der Waals surface area (Å²) in [5, 5.41) is 3.26. The number of nitrogens with zero attached hydrogens (tertiary/aromatic N) is 1. The van der Waals surface area contributed by atoms with E-state index in [0.29, 0.717) is 18.5 Å². The van der Waals surface area contributed by atoms with Crippen molar-refractivity contribution in [1.82, 2.24) is 15.0 Å². The summed E-state index contributed by atoms with van der Waals surface area (Å²) in [6, 6.07) is 10.3. The van der Waals surface area contributed by atoms with Crippen molar-refractivity contribution >= 4 is 9.92 Å². The van der Waals surface area contributed by atoms with E-state index in [1.165, 1.54) is 12.3 Å². The van der Waals surface area contributed by atoms with E-state index in [1.54, 1.807) is 30.5 Å². The molecular formula is C22H21F3N4OS. The molecule has 0 saturated carbocycles. The van der Waals surface area contributed by atoms with Crippen LogP contribution in [0.4, 0.5) is 13.2 Å². The predicted octanol–water partition coefficient (Wildman–Crippen LogP) is 4.05. The molecule has 0 amide bonds. The minimum Gasteiger partial charge on any atom is -0.312 e. The highest BCUT2D eigenvalue weighted by Gasteiger charge is 2.31. The third-order valence-corrected chi connectivity index (χ3v) is 6.86. The van der Waals surface area contributed by atoms with Crippen molar-refractivity contribution in [3.05, 3.63) is 83.9 Å². The van der Waals surface area contributed by atoms with Gasteiger partial charge in [-0.15, -0.1) is 0 Å². The Morgan fingerprint density at radius 2 is 1.90 bits per heavy atom. The number of aromatic nitrogens is 1. The van der Waals surface area contributed by atoms with Crippen LogP contribution < -0.4 is 10.0 Å². The summed E-state index contributed by atoms with van der Waals surface area (Å²) in [5.74, 6) is -2.11. The molecule has 1 saturated heterocycles. The van der Waals surface area contributed by atoms with Gasteiger partial charge in [-0.2, -0.15) is 0 Å². The second-order valence-electron chi connectivity index (χ2n) is 7.46. The summed E-state index contributed by atoms with van der Waals surface area (Å²) in [6.07, 6.45) is 3.81. The van der Waals surface area contributed by atoms with Gasteiger partial charge < -0.3 is 5.32 Å². The first-order valence-corrected chi connectivity index (χ1v) is 11.3. The maximum absolute atomic E-state index is 15.2. The highest BCUT2D eigenvalue weighted by atomic mass is 32.2. The molecule has 0 spiro atoms. The summed E-state index contributed by atoms with van der Waals surface area (Å²) in [5.41, 5.74) is 0.598. The molecule has 2 aromatic carbocycles. The number of hydrogen-bond donors (Lipinski definition) is 3. The second kappa shape index (κ2) is 8.78. The van der Waals surface area contributed by atoms with Crippen molar-refractivity contribution < 1.29 is 17.4 Å². The Hall–Kier alpha value is -2.75. The van der Waals surface area contributed by atoms with Gasteiger partial charge in [0.15, 0.2) is 0 Å². The Kier molecular flexibility index (Phi) is 6.08. The van der Waals surface area contributed by atoms with E-state index < -0.39 is 27.4 Å². The van der Waals surface area contributed by atoms with Gasteiger partial charge in [-0.05, 0) is 54.8 Å². The van der Waals surface area contributed by atoms with Crippen LogP contribution in [0.1, 0.15) is 12.0 Å². The molecule has 2 heterocycles. The Balaban J connectivity index is 1.56. The lowest BCUT2D eigenvalue weighted by Gasteiger charge is -2.23. The van der Waals surface area contributed by atoms with Crippen molar-refractivity contribution in [3.63, 3.8) is 0 Å². The maximum Gasteiger partial charge on any atom is 0.136 e. The number of hydrogen-bond acceptors (Lipinski definition) is 4. The molecule has 0 aliphatic carbocycles. The lowest BCUT2D eigenvalue weighted by Crippen LogP contribution is -2.44. The van der Waals surface area contributed by atoms with E-state index >= 15 is 4.39 Å². The highest BCUT2D eigenvalue weighted by Crippen LogP contribution is 2.28. The zero-order valence-electron chi connectivity index (χ0n) is 16.4. The third-order valence-electron chi connectivity index (χ3n) is 5.32. The normalized spacial score (nSPS) is 20.5. The van der Waals surface area contributed by atoms with Crippen molar-refractivity contribution in [2.24, 2.45) is 0 Å². The van der Waals surface area contributed by atoms with Crippen molar-refractivity contribution in [1.29, 1.82) is 4.78 Å². The molecule has 1 aliphatic heterocycles. The molecule has 1 aromatic heterocycles. The summed E-state index contributed by atoms with van der Waals surface area (Å²) in [6.45, 7) is 0.626. The summed E-state index contributed by atoms with van der Waals surface area (Å²) in [7, 11) is -3.27. The zero-order chi connectivity index (χ0) is 22.0. The van der Waals surface area contributed by atoms with Crippen molar-refractivity contribution in [2.75, 3.05) is 6.54 Å². The number of halogens is 3. The van der Waals surface area contributed by atoms with Crippen LogP contribution in [0.5, 0.6) is 0 Å². The first-order chi connectivity index (χ1) is 14.8. The molecule has 9 heteroatoms. The Bertz CT molecular complexity index is 1170. The quantitative estimate of drug-likeness (QED) is 0.535. The Morgan fingerprint density at radius 1 is 1.13 bits per heavy atom. The van der Waals surface area contributed by atoms with E-state index in [9.17, 15) is 13.0 Å². The SMILES string of the molecule is N=S(=O)(N[C@H]1CCN[C@H]1Cc1cccc(-c2cc(F)cc(F)c2)c1F)c1cccnc1. The van der Waals surface area contributed by atoms with Crippen LogP contribution >= 0.6 is 0 Å². The lowest BCUT2D eigenvalue weighted by atomic mass is 9.96. The van der Waals surface area contributed by atoms with Gasteiger partial charge in [-0.1, -0.05) is 18.2 Å². The van der Waals surface area contributed by atoms with E-state index in [2.05, 4.69) is 15.0 Å². The Morgan fingerprint density at radius 3 is 2.61 bits per heavy atom. The fourth-order valence-electron chi connectivity index (χ4n) is 3.83. The van der Waals surface area contributed by atoms with E-state index in [-0.39, 0.29) is 34.5 Å². The maximum atomic E-state index is 15.2. The smallest absolute Gasteiger partial charge is 0.136 e. The van der Waals surface area contributed by atoms with Crippen LogP contribution in [-0.2, 0) is 16.3 Å². The van der Waals surface area contributed by atoms with Crippen molar-refractivity contribution in [3.8, 4) is 11.1 Å². The highest BCUT2D eigenvalue weighted by molar-refractivity contribution is 7.90. The fraction of sp³-hybridized carbons (Fsp3) is 0.227. The van der Waals surface area contributed by atoms with E-state index in [1.807, 2.05) is 0 Å². The number of nitrogens with one attached hydrogen (secondary N) is 3. The molecule has 0 bridgehead atoms. The second-order valence-corrected chi connectivity index (χ2v) is 9.28. The molecule has 5 nitrogen and oxygen atoms in total. The largest absolute Gasteiger partial charge is 0.312 e. The first-order valence-electron chi connectivity index (χ1n) is 9.77. The van der Waals surface area contributed by atoms with Crippen LogP contribution in [-0.4, -0.2) is 27.8 Å². The van der Waals surface area contributed by atoms with Crippen LogP contribution in [0, 0.1) is 22.2 Å². The summed E-state index contributed by atoms with van der Waals surface area (Å²) < 4.78 is 66.4. The molecule has 1 aliphatic rings. The third kappa shape index (κ3) is 4.79. The standard InChI is InChI=1S/C22H21F3N4OS/c23-16-9-15(10-17(24)12-16)19-5-1-3-14(22(19)25)11-21-20(6-8-28-21)29-31(26,30)18-4-2-7-27-13-18/h1-5,7,9-10,12-13,20-21,28H,6,8,11H2,(H2,26,29,30)/t20-,21-,31?/m0/s1. The van der Waals surface area contributed by atoms with Gasteiger partial charge >= 0.3 is 0 Å². The monoisotopic (exact) mass is 446 g/mol. The zero-order valence-corrected chi connectivity index (χ0v) is 17.3. The molecule has 3 atom stereocenters. The average molecular weight is 446 g/mol.